The fourth-order valence-electron chi connectivity index (χ4n) is 0.935. The second-order valence-corrected chi connectivity index (χ2v) is 3.93. The lowest BCUT2D eigenvalue weighted by molar-refractivity contribution is -0.143. The van der Waals surface area contributed by atoms with Crippen molar-refractivity contribution >= 4 is 21.9 Å². The zero-order chi connectivity index (χ0) is 10.1. The van der Waals surface area contributed by atoms with Gasteiger partial charge in [0.2, 0.25) is 0 Å². The Morgan fingerprint density at radius 2 is 2.23 bits per heavy atom. The van der Waals surface area contributed by atoms with Gasteiger partial charge in [-0.15, -0.1) is 0 Å². The summed E-state index contributed by atoms with van der Waals surface area (Å²) in [7, 11) is 0. The van der Waals surface area contributed by atoms with Crippen molar-refractivity contribution < 1.29 is 9.90 Å². The molecule has 13 heavy (non-hydrogen) atoms. The van der Waals surface area contributed by atoms with Gasteiger partial charge in [0.05, 0.1) is 0 Å². The van der Waals surface area contributed by atoms with Crippen molar-refractivity contribution in [1.29, 1.82) is 0 Å². The van der Waals surface area contributed by atoms with Gasteiger partial charge in [-0.1, -0.05) is 28.1 Å². The molecule has 1 unspecified atom stereocenters. The number of carboxylic acids is 1. The molecule has 0 saturated carbocycles. The Bertz CT molecular complexity index is 336. The highest BCUT2D eigenvalue weighted by Crippen LogP contribution is 2.21. The first-order chi connectivity index (χ1) is 5.94. The molecule has 0 bridgehead atoms. The third-order valence-electron chi connectivity index (χ3n) is 1.87. The van der Waals surface area contributed by atoms with Crippen LogP contribution >= 0.6 is 15.9 Å². The van der Waals surface area contributed by atoms with E-state index >= 15 is 0 Å². The van der Waals surface area contributed by atoms with Crippen LogP contribution in [0, 0.1) is 0 Å². The molecule has 0 saturated heterocycles. The molecule has 0 spiro atoms. The van der Waals surface area contributed by atoms with Gasteiger partial charge in [-0.2, -0.15) is 0 Å². The number of carboxylic acid groups (broad SMARTS) is 1. The van der Waals surface area contributed by atoms with E-state index in [1.54, 1.807) is 18.2 Å². The molecule has 0 aromatic heterocycles. The van der Waals surface area contributed by atoms with Crippen molar-refractivity contribution in [1.82, 2.24) is 0 Å². The number of hydrogen-bond acceptors (Lipinski definition) is 2. The zero-order valence-electron chi connectivity index (χ0n) is 7.12. The third kappa shape index (κ3) is 2.08. The molecule has 70 valence electrons. The van der Waals surface area contributed by atoms with E-state index in [-0.39, 0.29) is 0 Å². The van der Waals surface area contributed by atoms with Gasteiger partial charge < -0.3 is 10.8 Å². The minimum atomic E-state index is -1.33. The minimum absolute atomic E-state index is 0.578. The van der Waals surface area contributed by atoms with Crippen LogP contribution in [0.5, 0.6) is 0 Å². The summed E-state index contributed by atoms with van der Waals surface area (Å²) in [5.41, 5.74) is 4.88. The molecule has 0 heterocycles. The fourth-order valence-corrected chi connectivity index (χ4v) is 1.33. The van der Waals surface area contributed by atoms with E-state index in [0.717, 1.165) is 4.47 Å². The Labute approximate surface area is 84.7 Å². The van der Waals surface area contributed by atoms with Crippen molar-refractivity contribution in [2.45, 2.75) is 12.5 Å². The number of aliphatic carboxylic acids is 1. The van der Waals surface area contributed by atoms with Gasteiger partial charge in [-0.3, -0.25) is 0 Å². The van der Waals surface area contributed by atoms with Crippen LogP contribution in [-0.4, -0.2) is 11.1 Å². The van der Waals surface area contributed by atoms with Crippen molar-refractivity contribution in [2.24, 2.45) is 5.73 Å². The van der Waals surface area contributed by atoms with E-state index in [4.69, 9.17) is 10.8 Å². The molecule has 3 N–H and O–H groups in total. The number of nitrogens with two attached hydrogens (primary N) is 1. The predicted molar refractivity (Wildman–Crippen MR) is 53.3 cm³/mol. The van der Waals surface area contributed by atoms with Gasteiger partial charge in [0.25, 0.3) is 0 Å². The summed E-state index contributed by atoms with van der Waals surface area (Å²) in [4.78, 5) is 10.8. The van der Waals surface area contributed by atoms with Crippen LogP contribution in [0.3, 0.4) is 0 Å². The van der Waals surface area contributed by atoms with Crippen LogP contribution in [-0.2, 0) is 10.3 Å². The van der Waals surface area contributed by atoms with E-state index in [0.29, 0.717) is 5.56 Å². The van der Waals surface area contributed by atoms with Gasteiger partial charge >= 0.3 is 5.97 Å². The molecule has 1 atom stereocenters. The summed E-state index contributed by atoms with van der Waals surface area (Å²) in [5, 5.41) is 8.85. The van der Waals surface area contributed by atoms with Crippen LogP contribution in [0.15, 0.2) is 28.7 Å². The molecular weight excluding hydrogens is 234 g/mol. The first kappa shape index (κ1) is 10.2. The second-order valence-electron chi connectivity index (χ2n) is 3.02. The molecule has 0 aliphatic heterocycles. The van der Waals surface area contributed by atoms with Crippen molar-refractivity contribution in [3.8, 4) is 0 Å². The molecule has 0 fully saturated rings. The van der Waals surface area contributed by atoms with E-state index in [9.17, 15) is 4.79 Å². The van der Waals surface area contributed by atoms with Crippen molar-refractivity contribution in [2.75, 3.05) is 0 Å². The number of carbonyl (C=O) groups is 1. The van der Waals surface area contributed by atoms with Crippen LogP contribution in [0.1, 0.15) is 12.5 Å². The van der Waals surface area contributed by atoms with Crippen LogP contribution in [0.4, 0.5) is 0 Å². The van der Waals surface area contributed by atoms with Crippen molar-refractivity contribution in [3.63, 3.8) is 0 Å². The van der Waals surface area contributed by atoms with Crippen LogP contribution in [0.25, 0.3) is 0 Å². The van der Waals surface area contributed by atoms with E-state index < -0.39 is 11.5 Å². The summed E-state index contributed by atoms with van der Waals surface area (Å²) < 4.78 is 0.822. The Kier molecular flexibility index (Phi) is 2.73. The highest BCUT2D eigenvalue weighted by Gasteiger charge is 2.29. The van der Waals surface area contributed by atoms with Gasteiger partial charge in [0, 0.05) is 4.47 Å². The van der Waals surface area contributed by atoms with E-state index in [2.05, 4.69) is 15.9 Å². The van der Waals surface area contributed by atoms with E-state index in [1.807, 2.05) is 6.07 Å². The van der Waals surface area contributed by atoms with Crippen molar-refractivity contribution in [3.05, 3.63) is 34.3 Å². The second kappa shape index (κ2) is 3.47. The monoisotopic (exact) mass is 243 g/mol. The Morgan fingerprint density at radius 3 is 2.69 bits per heavy atom. The topological polar surface area (TPSA) is 63.3 Å². The fraction of sp³-hybridized carbons (Fsp3) is 0.222. The zero-order valence-corrected chi connectivity index (χ0v) is 8.71. The highest BCUT2D eigenvalue weighted by atomic mass is 79.9. The summed E-state index contributed by atoms with van der Waals surface area (Å²) in [6, 6.07) is 6.97. The Morgan fingerprint density at radius 1 is 1.62 bits per heavy atom. The molecule has 3 nitrogen and oxygen atoms in total. The molecule has 0 amide bonds. The number of benzene rings is 1. The summed E-state index contributed by atoms with van der Waals surface area (Å²) in [6.45, 7) is 1.47. The van der Waals surface area contributed by atoms with Gasteiger partial charge in [-0.25, -0.2) is 4.79 Å². The molecular formula is C9H10BrNO2. The SMILES string of the molecule is CC(N)(C(=O)O)c1cccc(Br)c1. The molecule has 4 heteroatoms. The smallest absolute Gasteiger partial charge is 0.328 e. The lowest BCUT2D eigenvalue weighted by atomic mass is 9.94. The maximum absolute atomic E-state index is 10.8. The maximum Gasteiger partial charge on any atom is 0.328 e. The average Bonchev–Trinajstić information content (AvgIpc) is 2.04. The minimum Gasteiger partial charge on any atom is -0.480 e. The quantitative estimate of drug-likeness (QED) is 0.832. The lowest BCUT2D eigenvalue weighted by Gasteiger charge is -2.19. The van der Waals surface area contributed by atoms with E-state index in [1.165, 1.54) is 6.92 Å². The predicted octanol–water partition coefficient (Wildman–Crippen LogP) is 1.71. The molecule has 1 aromatic rings. The van der Waals surface area contributed by atoms with Crippen LogP contribution in [0.2, 0.25) is 0 Å². The first-order valence-electron chi connectivity index (χ1n) is 3.73. The third-order valence-corrected chi connectivity index (χ3v) is 2.36. The molecule has 0 radical (unpaired) electrons. The average molecular weight is 244 g/mol. The molecule has 1 rings (SSSR count). The normalized spacial score (nSPS) is 15.0. The number of halogens is 1. The molecule has 1 aromatic carbocycles. The maximum atomic E-state index is 10.8. The standard InChI is InChI=1S/C9H10BrNO2/c1-9(11,8(12)13)6-3-2-4-7(10)5-6/h2-5H,11H2,1H3,(H,12,13). The lowest BCUT2D eigenvalue weighted by Crippen LogP contribution is -2.41. The molecule has 0 aliphatic carbocycles. The van der Waals surface area contributed by atoms with Gasteiger partial charge in [0.1, 0.15) is 5.54 Å². The Hall–Kier alpha value is -0.870. The Balaban J connectivity index is 3.14. The highest BCUT2D eigenvalue weighted by molar-refractivity contribution is 9.10. The summed E-state index contributed by atoms with van der Waals surface area (Å²) in [6.07, 6.45) is 0. The molecule has 0 aliphatic rings. The van der Waals surface area contributed by atoms with Gasteiger partial charge in [0.15, 0.2) is 0 Å². The summed E-state index contributed by atoms with van der Waals surface area (Å²) >= 11 is 3.26. The number of rotatable bonds is 2. The largest absolute Gasteiger partial charge is 0.480 e. The van der Waals surface area contributed by atoms with Crippen LogP contribution < -0.4 is 5.73 Å². The number of hydrogen-bond donors (Lipinski definition) is 2. The first-order valence-corrected chi connectivity index (χ1v) is 4.52. The summed E-state index contributed by atoms with van der Waals surface area (Å²) in [5.74, 6) is -1.04. The van der Waals surface area contributed by atoms with Gasteiger partial charge in [-0.05, 0) is 24.6 Å².